The Morgan fingerprint density at radius 2 is 1.18 bits per heavy atom. The van der Waals surface area contributed by atoms with Gasteiger partial charge in [0.2, 0.25) is 0 Å². The molecule has 0 aliphatic heterocycles. The van der Waals surface area contributed by atoms with Crippen LogP contribution < -0.4 is 0 Å². The molecule has 0 heterocycles. The van der Waals surface area contributed by atoms with Gasteiger partial charge in [-0.15, -0.1) is 0 Å². The smallest absolute Gasteiger partial charge is 0.193 e. The highest BCUT2D eigenvalue weighted by Crippen LogP contribution is 2.53. The van der Waals surface area contributed by atoms with E-state index in [1.54, 1.807) is 19.1 Å². The number of benzene rings is 4. The second kappa shape index (κ2) is 9.36. The van der Waals surface area contributed by atoms with Gasteiger partial charge >= 0.3 is 0 Å². The lowest BCUT2D eigenvalue weighted by Crippen LogP contribution is -2.23. The molecule has 0 spiro atoms. The minimum absolute atomic E-state index is 0.0804. The first-order valence-electron chi connectivity index (χ1n) is 15.0. The predicted molar refractivity (Wildman–Crippen MR) is 167 cm³/mol. The van der Waals surface area contributed by atoms with E-state index in [-0.39, 0.29) is 62.0 Å². The average Bonchev–Trinajstić information content (AvgIpc) is 3.48. The highest BCUT2D eigenvalue weighted by molar-refractivity contribution is 6.30. The first-order chi connectivity index (χ1) is 20.8. The fourth-order valence-corrected chi connectivity index (χ4v) is 7.73. The highest BCUT2D eigenvalue weighted by Gasteiger charge is 2.47. The van der Waals surface area contributed by atoms with E-state index in [0.29, 0.717) is 16.7 Å². The number of hydrogen-bond donors (Lipinski definition) is 0. The van der Waals surface area contributed by atoms with Gasteiger partial charge in [-0.1, -0.05) is 80.9 Å². The van der Waals surface area contributed by atoms with Gasteiger partial charge in [-0.2, -0.15) is 0 Å². The lowest BCUT2D eigenvalue weighted by molar-refractivity contribution is 0.0846. The Labute approximate surface area is 256 Å². The molecule has 0 saturated heterocycles. The molecule has 0 aromatic heterocycles. The number of carbonyl (C=O) groups is 5. The van der Waals surface area contributed by atoms with Crippen LogP contribution in [0.3, 0.4) is 0 Å². The van der Waals surface area contributed by atoms with Crippen molar-refractivity contribution in [1.82, 2.24) is 0 Å². The first kappa shape index (κ1) is 28.0. The van der Waals surface area contributed by atoms with Crippen molar-refractivity contribution in [3.63, 3.8) is 0 Å². The van der Waals surface area contributed by atoms with Crippen molar-refractivity contribution in [2.24, 2.45) is 5.92 Å². The Hall–Kier alpha value is -4.77. The molecule has 0 radical (unpaired) electrons. The summed E-state index contributed by atoms with van der Waals surface area (Å²) in [4.78, 5) is 65.9. The van der Waals surface area contributed by atoms with Gasteiger partial charge in [0.15, 0.2) is 28.9 Å². The fourth-order valence-electron chi connectivity index (χ4n) is 7.73. The Morgan fingerprint density at radius 3 is 1.82 bits per heavy atom. The van der Waals surface area contributed by atoms with Crippen LogP contribution in [0.2, 0.25) is 0 Å². The number of carbonyl (C=O) groups excluding carboxylic acids is 5. The zero-order chi connectivity index (χ0) is 31.3. The molecule has 0 amide bonds. The third-order valence-electron chi connectivity index (χ3n) is 10.1. The molecule has 0 fully saturated rings. The number of fused-ring (bicyclic) bond motifs is 3. The topological polar surface area (TPSA) is 85.3 Å². The largest absolute Gasteiger partial charge is 0.293 e. The Bertz CT molecular complexity index is 1990. The van der Waals surface area contributed by atoms with Crippen molar-refractivity contribution >= 4 is 28.9 Å². The normalized spacial score (nSPS) is 23.1. The van der Waals surface area contributed by atoms with Crippen molar-refractivity contribution in [2.75, 3.05) is 0 Å². The van der Waals surface area contributed by atoms with Crippen LogP contribution in [-0.2, 0) is 10.8 Å². The van der Waals surface area contributed by atoms with Crippen LogP contribution in [0.15, 0.2) is 78.9 Å². The summed E-state index contributed by atoms with van der Waals surface area (Å²) >= 11 is 0. The molecule has 3 unspecified atom stereocenters. The van der Waals surface area contributed by atoms with Gasteiger partial charge in [0.25, 0.3) is 0 Å². The quantitative estimate of drug-likeness (QED) is 0.186. The molecule has 218 valence electrons. The first-order valence-corrected chi connectivity index (χ1v) is 15.0. The molecule has 3 atom stereocenters. The van der Waals surface area contributed by atoms with E-state index in [1.165, 1.54) is 41.0 Å². The maximum Gasteiger partial charge on any atom is 0.193 e. The molecule has 4 aromatic carbocycles. The monoisotopic (exact) mass is 580 g/mol. The summed E-state index contributed by atoms with van der Waals surface area (Å²) in [6.45, 7) is 10.3. The lowest BCUT2D eigenvalue weighted by atomic mass is 9.74. The molecule has 4 aromatic rings. The van der Waals surface area contributed by atoms with Gasteiger partial charge in [-0.3, -0.25) is 24.0 Å². The van der Waals surface area contributed by atoms with Gasteiger partial charge in [0, 0.05) is 38.8 Å². The second-order valence-electron chi connectivity index (χ2n) is 13.5. The summed E-state index contributed by atoms with van der Waals surface area (Å²) in [5.41, 5.74) is 6.67. The van der Waals surface area contributed by atoms with Crippen LogP contribution in [0.5, 0.6) is 0 Å². The Morgan fingerprint density at radius 1 is 0.636 bits per heavy atom. The van der Waals surface area contributed by atoms with Crippen molar-refractivity contribution < 1.29 is 24.0 Å². The number of hydrogen-bond acceptors (Lipinski definition) is 5. The number of ketones is 5. The van der Waals surface area contributed by atoms with E-state index in [2.05, 4.69) is 58.0 Å². The van der Waals surface area contributed by atoms with E-state index < -0.39 is 11.8 Å². The van der Waals surface area contributed by atoms with Crippen molar-refractivity contribution in [1.29, 1.82) is 0 Å². The molecule has 7 rings (SSSR count). The lowest BCUT2D eigenvalue weighted by Gasteiger charge is -2.29. The summed E-state index contributed by atoms with van der Waals surface area (Å²) in [7, 11) is 0. The standard InChI is InChI=1S/C39H32O5/c1-20-6-11-25(12-7-20)39(5)19-38(3,4)30-15-10-22(18-31(30)39)32-36(43)27-14-9-24(17-29(27)37(32)44)35(42)23-8-13-26-28(16-23)34(41)21(2)33(26)40/h6-18,21,32H,19H2,1-5H3. The zero-order valence-electron chi connectivity index (χ0n) is 25.4. The second-order valence-corrected chi connectivity index (χ2v) is 13.5. The fraction of sp³-hybridized carbons (Fsp3) is 0.256. The highest BCUT2D eigenvalue weighted by atomic mass is 16.2. The van der Waals surface area contributed by atoms with Crippen LogP contribution >= 0.6 is 0 Å². The van der Waals surface area contributed by atoms with E-state index >= 15 is 0 Å². The molecule has 3 aliphatic rings. The summed E-state index contributed by atoms with van der Waals surface area (Å²) in [5, 5.41) is 0. The van der Waals surface area contributed by atoms with Gasteiger partial charge < -0.3 is 0 Å². The van der Waals surface area contributed by atoms with Crippen molar-refractivity contribution in [3.8, 4) is 0 Å². The molecule has 0 bridgehead atoms. The number of rotatable bonds is 4. The van der Waals surface area contributed by atoms with Gasteiger partial charge in [-0.05, 0) is 72.2 Å². The SMILES string of the molecule is Cc1ccc(C2(C)CC(C)(C)c3ccc(C4C(=O)c5ccc(C(=O)c6ccc7c(c6)C(=O)C(C)C7=O)cc5C4=O)cc32)cc1. The zero-order valence-corrected chi connectivity index (χ0v) is 25.4. The molecule has 5 nitrogen and oxygen atoms in total. The Kier molecular flexibility index (Phi) is 5.96. The maximum atomic E-state index is 13.9. The molecular weight excluding hydrogens is 548 g/mol. The summed E-state index contributed by atoms with van der Waals surface area (Å²) in [5.74, 6) is -3.24. The molecule has 3 aliphatic carbocycles. The van der Waals surface area contributed by atoms with Crippen LogP contribution in [0.25, 0.3) is 0 Å². The van der Waals surface area contributed by atoms with Gasteiger partial charge in [0.1, 0.15) is 5.92 Å². The van der Waals surface area contributed by atoms with Gasteiger partial charge in [0.05, 0.1) is 5.92 Å². The molecule has 44 heavy (non-hydrogen) atoms. The van der Waals surface area contributed by atoms with Crippen LogP contribution in [0, 0.1) is 12.8 Å². The third kappa shape index (κ3) is 3.88. The van der Waals surface area contributed by atoms with Crippen molar-refractivity contribution in [3.05, 3.63) is 140 Å². The predicted octanol–water partition coefficient (Wildman–Crippen LogP) is 7.39. The van der Waals surface area contributed by atoms with Crippen LogP contribution in [-0.4, -0.2) is 28.9 Å². The molecule has 0 N–H and O–H groups in total. The molecular formula is C39H32O5. The third-order valence-corrected chi connectivity index (χ3v) is 10.1. The minimum atomic E-state index is -0.975. The summed E-state index contributed by atoms with van der Waals surface area (Å²) < 4.78 is 0. The van der Waals surface area contributed by atoms with Crippen molar-refractivity contribution in [2.45, 2.75) is 57.8 Å². The minimum Gasteiger partial charge on any atom is -0.293 e. The van der Waals surface area contributed by atoms with E-state index in [4.69, 9.17) is 0 Å². The molecule has 0 saturated carbocycles. The number of aryl methyl sites for hydroxylation is 1. The summed E-state index contributed by atoms with van der Waals surface area (Å²) in [6.07, 6.45) is 0.904. The van der Waals surface area contributed by atoms with Gasteiger partial charge in [-0.25, -0.2) is 0 Å². The van der Waals surface area contributed by atoms with E-state index in [0.717, 1.165) is 12.0 Å². The molecule has 5 heteroatoms. The van der Waals surface area contributed by atoms with Crippen LogP contribution in [0.4, 0.5) is 0 Å². The van der Waals surface area contributed by atoms with Crippen LogP contribution in [0.1, 0.15) is 125 Å². The van der Waals surface area contributed by atoms with E-state index in [1.807, 2.05) is 12.1 Å². The summed E-state index contributed by atoms with van der Waals surface area (Å²) in [6, 6.07) is 23.7. The number of Topliss-reactive ketones (excluding diaryl/α,β-unsaturated/α-hetero) is 4. The maximum absolute atomic E-state index is 13.9. The van der Waals surface area contributed by atoms with E-state index in [9.17, 15) is 24.0 Å². The Balaban J connectivity index is 1.24. The average molecular weight is 581 g/mol.